The van der Waals surface area contributed by atoms with E-state index in [9.17, 15) is 24.3 Å². The van der Waals surface area contributed by atoms with Gasteiger partial charge in [0.1, 0.15) is 0 Å². The molecule has 1 aliphatic rings. The number of aliphatic hydroxyl groups excluding tert-OH is 1. The average Bonchev–Trinajstić information content (AvgIpc) is 3.55. The van der Waals surface area contributed by atoms with Crippen LogP contribution in [0, 0.1) is 17.8 Å². The van der Waals surface area contributed by atoms with Crippen LogP contribution in [0.1, 0.15) is 78.9 Å². The number of hydrogen-bond acceptors (Lipinski definition) is 8. The van der Waals surface area contributed by atoms with Crippen molar-refractivity contribution in [2.45, 2.75) is 110 Å². The van der Waals surface area contributed by atoms with E-state index in [4.69, 9.17) is 15.2 Å². The maximum atomic E-state index is 13.9. The van der Waals surface area contributed by atoms with Gasteiger partial charge in [0.25, 0.3) is 0 Å². The second-order valence-electron chi connectivity index (χ2n) is 13.3. The first-order valence-corrected chi connectivity index (χ1v) is 16.9. The molecule has 1 fully saturated rings. The Kier molecular flexibility index (Phi) is 16.3. The summed E-state index contributed by atoms with van der Waals surface area (Å²) in [5.74, 6) is -1.79. The van der Waals surface area contributed by atoms with E-state index < -0.39 is 48.3 Å². The predicted molar refractivity (Wildman–Crippen MR) is 181 cm³/mol. The SMILES string of the molecule is CCC(C)C(C(CC(=O)N1CCCC1C(OC)C(C)C(=O)NC(C)C(O)c1ccccc1)OC)N(C)C(=O)CNC(=O)C(N)C(C)C. The molecule has 1 aromatic rings. The van der Waals surface area contributed by atoms with Gasteiger partial charge in [-0.25, -0.2) is 0 Å². The number of amides is 4. The first-order chi connectivity index (χ1) is 22.2. The van der Waals surface area contributed by atoms with Crippen molar-refractivity contribution in [2.24, 2.45) is 23.5 Å². The Morgan fingerprint density at radius 1 is 1.04 bits per heavy atom. The molecule has 1 aromatic carbocycles. The molecule has 2 rings (SSSR count). The van der Waals surface area contributed by atoms with Crippen LogP contribution in [0.15, 0.2) is 30.3 Å². The Balaban J connectivity index is 2.14. The number of rotatable bonds is 18. The number of carbonyl (C=O) groups is 4. The first-order valence-electron chi connectivity index (χ1n) is 16.9. The second-order valence-corrected chi connectivity index (χ2v) is 13.3. The van der Waals surface area contributed by atoms with Gasteiger partial charge >= 0.3 is 0 Å². The molecule has 12 nitrogen and oxygen atoms in total. The number of methoxy groups -OCH3 is 2. The Morgan fingerprint density at radius 3 is 2.23 bits per heavy atom. The summed E-state index contributed by atoms with van der Waals surface area (Å²) < 4.78 is 11.7. The van der Waals surface area contributed by atoms with E-state index in [1.165, 1.54) is 7.11 Å². The molecule has 0 saturated carbocycles. The van der Waals surface area contributed by atoms with Crippen LogP contribution >= 0.6 is 0 Å². The molecule has 0 spiro atoms. The normalized spacial score (nSPS) is 20.0. The Morgan fingerprint density at radius 2 is 1.68 bits per heavy atom. The highest BCUT2D eigenvalue weighted by molar-refractivity contribution is 5.87. The van der Waals surface area contributed by atoms with E-state index in [1.54, 1.807) is 37.8 Å². The first kappa shape index (κ1) is 40.1. The van der Waals surface area contributed by atoms with E-state index in [0.29, 0.717) is 18.5 Å². The van der Waals surface area contributed by atoms with Crippen LogP contribution < -0.4 is 16.4 Å². The number of nitrogens with two attached hydrogens (primary N) is 1. The number of ether oxygens (including phenoxy) is 2. The number of nitrogens with one attached hydrogen (secondary N) is 2. The molecule has 9 atom stereocenters. The molecule has 5 N–H and O–H groups in total. The lowest BCUT2D eigenvalue weighted by molar-refractivity contribution is -0.146. The molecule has 0 aliphatic carbocycles. The highest BCUT2D eigenvalue weighted by Crippen LogP contribution is 2.29. The second kappa shape index (κ2) is 19.1. The summed E-state index contributed by atoms with van der Waals surface area (Å²) >= 11 is 0. The van der Waals surface area contributed by atoms with Crippen LogP contribution in [-0.4, -0.2) is 109 Å². The maximum absolute atomic E-state index is 13.9. The number of benzene rings is 1. The quantitative estimate of drug-likeness (QED) is 0.186. The van der Waals surface area contributed by atoms with Gasteiger partial charge in [-0.2, -0.15) is 0 Å². The number of aliphatic hydroxyl groups is 1. The zero-order valence-electron chi connectivity index (χ0n) is 29.8. The van der Waals surface area contributed by atoms with Gasteiger partial charge < -0.3 is 40.7 Å². The van der Waals surface area contributed by atoms with Gasteiger partial charge in [-0.1, -0.05) is 71.4 Å². The maximum Gasteiger partial charge on any atom is 0.242 e. The highest BCUT2D eigenvalue weighted by Gasteiger charge is 2.42. The van der Waals surface area contributed by atoms with Crippen LogP contribution in [0.3, 0.4) is 0 Å². The van der Waals surface area contributed by atoms with Crippen molar-refractivity contribution in [3.05, 3.63) is 35.9 Å². The standard InChI is InChI=1S/C35H59N5O7/c1-10-22(4)31(39(7)29(42)20-37-35(45)30(36)21(2)3)27(46-8)19-28(41)40-18-14-17-26(40)33(47-9)23(5)34(44)38-24(6)32(43)25-15-12-11-13-16-25/h11-13,15-16,21-24,26-27,30-33,43H,10,14,17-20,36H2,1-9H3,(H,37,45)(H,38,44). The summed E-state index contributed by atoms with van der Waals surface area (Å²) in [7, 11) is 4.74. The molecule has 266 valence electrons. The predicted octanol–water partition coefficient (Wildman–Crippen LogP) is 2.24. The van der Waals surface area contributed by atoms with Crippen molar-refractivity contribution in [1.29, 1.82) is 0 Å². The van der Waals surface area contributed by atoms with Crippen molar-refractivity contribution < 1.29 is 33.8 Å². The zero-order chi connectivity index (χ0) is 35.4. The van der Waals surface area contributed by atoms with Gasteiger partial charge in [-0.3, -0.25) is 19.2 Å². The third-order valence-corrected chi connectivity index (χ3v) is 9.72. The fourth-order valence-electron chi connectivity index (χ4n) is 6.41. The summed E-state index contributed by atoms with van der Waals surface area (Å²) in [6.45, 7) is 11.5. The van der Waals surface area contributed by atoms with E-state index in [0.717, 1.165) is 12.8 Å². The summed E-state index contributed by atoms with van der Waals surface area (Å²) in [5, 5.41) is 16.3. The van der Waals surface area contributed by atoms with Crippen LogP contribution in [0.4, 0.5) is 0 Å². The Hall–Kier alpha value is -3.06. The van der Waals surface area contributed by atoms with E-state index >= 15 is 0 Å². The molecule has 0 aromatic heterocycles. The average molecular weight is 662 g/mol. The van der Waals surface area contributed by atoms with Gasteiger partial charge in [0.2, 0.25) is 23.6 Å². The van der Waals surface area contributed by atoms with Gasteiger partial charge in [0, 0.05) is 27.8 Å². The van der Waals surface area contributed by atoms with Crippen molar-refractivity contribution in [3.8, 4) is 0 Å². The minimum absolute atomic E-state index is 0.00614. The number of carbonyl (C=O) groups excluding carboxylic acids is 4. The lowest BCUT2D eigenvalue weighted by atomic mass is 9.90. The summed E-state index contributed by atoms with van der Waals surface area (Å²) in [6.07, 6.45) is 0.150. The number of likely N-dealkylation sites (N-methyl/N-ethyl adjacent to an activating group) is 1. The molecule has 1 aliphatic heterocycles. The largest absolute Gasteiger partial charge is 0.386 e. The zero-order valence-corrected chi connectivity index (χ0v) is 29.8. The van der Waals surface area contributed by atoms with Gasteiger partial charge in [0.15, 0.2) is 0 Å². The molecule has 1 heterocycles. The fourth-order valence-corrected chi connectivity index (χ4v) is 6.41. The number of nitrogens with zero attached hydrogens (tertiary/aromatic N) is 2. The van der Waals surface area contributed by atoms with Crippen LogP contribution in [0.2, 0.25) is 0 Å². The molecule has 1 saturated heterocycles. The third-order valence-electron chi connectivity index (χ3n) is 9.72. The van der Waals surface area contributed by atoms with Crippen molar-refractivity contribution in [3.63, 3.8) is 0 Å². The minimum atomic E-state index is -0.874. The molecule has 4 amide bonds. The molecular formula is C35H59N5O7. The number of likely N-dealkylation sites (tertiary alicyclic amines) is 1. The van der Waals surface area contributed by atoms with Gasteiger partial charge in [0.05, 0.1) is 61.4 Å². The molecule has 0 radical (unpaired) electrons. The monoisotopic (exact) mass is 661 g/mol. The topological polar surface area (TPSA) is 164 Å². The smallest absolute Gasteiger partial charge is 0.242 e. The fraction of sp³-hybridized carbons (Fsp3) is 0.714. The van der Waals surface area contributed by atoms with Crippen molar-refractivity contribution in [2.75, 3.05) is 34.4 Å². The lowest BCUT2D eigenvalue weighted by Gasteiger charge is -2.39. The molecule has 9 unspecified atom stereocenters. The summed E-state index contributed by atoms with van der Waals surface area (Å²) in [4.78, 5) is 56.2. The lowest BCUT2D eigenvalue weighted by Crippen LogP contribution is -2.55. The van der Waals surface area contributed by atoms with Gasteiger partial charge in [-0.05, 0) is 37.2 Å². The molecule has 12 heteroatoms. The highest BCUT2D eigenvalue weighted by atomic mass is 16.5. The van der Waals surface area contributed by atoms with E-state index in [-0.39, 0.29) is 48.6 Å². The Labute approximate surface area is 281 Å². The number of hydrogen-bond donors (Lipinski definition) is 4. The van der Waals surface area contributed by atoms with Gasteiger partial charge in [-0.15, -0.1) is 0 Å². The van der Waals surface area contributed by atoms with E-state index in [2.05, 4.69) is 10.6 Å². The molecule has 47 heavy (non-hydrogen) atoms. The minimum Gasteiger partial charge on any atom is -0.386 e. The van der Waals surface area contributed by atoms with Crippen molar-refractivity contribution in [1.82, 2.24) is 20.4 Å². The van der Waals surface area contributed by atoms with Crippen LogP contribution in [0.25, 0.3) is 0 Å². The summed E-state index contributed by atoms with van der Waals surface area (Å²) in [6, 6.07) is 7.14. The molecule has 0 bridgehead atoms. The van der Waals surface area contributed by atoms with Crippen LogP contribution in [-0.2, 0) is 28.7 Å². The van der Waals surface area contributed by atoms with Crippen molar-refractivity contribution >= 4 is 23.6 Å². The summed E-state index contributed by atoms with van der Waals surface area (Å²) in [5.41, 5.74) is 6.64. The Bertz CT molecular complexity index is 1150. The van der Waals surface area contributed by atoms with Crippen LogP contribution in [0.5, 0.6) is 0 Å². The third kappa shape index (κ3) is 10.7. The van der Waals surface area contributed by atoms with E-state index in [1.807, 2.05) is 58.0 Å². The molecular weight excluding hydrogens is 602 g/mol.